The molecular formula is C26H24N2O5. The number of hydrogen-bond acceptors (Lipinski definition) is 5. The van der Waals surface area contributed by atoms with Gasteiger partial charge in [0.1, 0.15) is 11.4 Å². The van der Waals surface area contributed by atoms with Crippen LogP contribution in [0.1, 0.15) is 17.4 Å². The summed E-state index contributed by atoms with van der Waals surface area (Å²) >= 11 is 0. The van der Waals surface area contributed by atoms with Crippen molar-refractivity contribution in [2.75, 3.05) is 26.1 Å². The number of carbonyl (C=O) groups is 2. The summed E-state index contributed by atoms with van der Waals surface area (Å²) in [5.41, 5.74) is 2.99. The molecular weight excluding hydrogens is 420 g/mol. The van der Waals surface area contributed by atoms with Crippen molar-refractivity contribution in [2.45, 2.75) is 6.92 Å². The predicted molar refractivity (Wildman–Crippen MR) is 127 cm³/mol. The van der Waals surface area contributed by atoms with Crippen LogP contribution < -0.4 is 19.5 Å². The molecule has 2 aromatic heterocycles. The van der Waals surface area contributed by atoms with Crippen LogP contribution in [0.2, 0.25) is 0 Å². The number of ketones is 1. The fourth-order valence-corrected chi connectivity index (χ4v) is 3.68. The molecule has 2 aromatic carbocycles. The van der Waals surface area contributed by atoms with Crippen molar-refractivity contribution >= 4 is 22.9 Å². The number of pyridine rings is 1. The van der Waals surface area contributed by atoms with Gasteiger partial charge in [-0.2, -0.15) is 0 Å². The summed E-state index contributed by atoms with van der Waals surface area (Å²) in [6, 6.07) is 19.9. The van der Waals surface area contributed by atoms with Crippen molar-refractivity contribution < 1.29 is 23.8 Å². The summed E-state index contributed by atoms with van der Waals surface area (Å²) in [6.07, 6.45) is 1.77. The first-order valence-electron chi connectivity index (χ1n) is 10.5. The largest absolute Gasteiger partial charge is 0.494 e. The van der Waals surface area contributed by atoms with Gasteiger partial charge in [-0.3, -0.25) is 9.59 Å². The number of hydrogen-bond donors (Lipinski definition) is 1. The average Bonchev–Trinajstić information content (AvgIpc) is 3.23. The van der Waals surface area contributed by atoms with Crippen LogP contribution in [0.5, 0.6) is 17.2 Å². The summed E-state index contributed by atoms with van der Waals surface area (Å²) in [6.45, 7) is 2.48. The Kier molecular flexibility index (Phi) is 6.31. The van der Waals surface area contributed by atoms with Crippen molar-refractivity contribution in [1.29, 1.82) is 0 Å². The molecule has 2 heterocycles. The van der Waals surface area contributed by atoms with Gasteiger partial charge in [0.25, 0.3) is 11.7 Å². The third-order valence-electron chi connectivity index (χ3n) is 5.22. The summed E-state index contributed by atoms with van der Waals surface area (Å²) in [5, 5.41) is 2.67. The lowest BCUT2D eigenvalue weighted by Gasteiger charge is -2.11. The number of Topliss-reactive ketones (excluding diaryl/α,β-unsaturated/α-hetero) is 1. The van der Waals surface area contributed by atoms with Gasteiger partial charge in [-0.1, -0.05) is 18.2 Å². The molecule has 0 aliphatic rings. The van der Waals surface area contributed by atoms with Crippen LogP contribution in [0.15, 0.2) is 72.9 Å². The highest BCUT2D eigenvalue weighted by Gasteiger charge is 2.25. The second-order valence-corrected chi connectivity index (χ2v) is 7.21. The van der Waals surface area contributed by atoms with E-state index >= 15 is 0 Å². The molecule has 0 aliphatic heterocycles. The van der Waals surface area contributed by atoms with Crippen LogP contribution in [0.3, 0.4) is 0 Å². The Hall–Kier alpha value is -4.26. The van der Waals surface area contributed by atoms with E-state index in [1.807, 2.05) is 55.5 Å². The summed E-state index contributed by atoms with van der Waals surface area (Å²) in [4.78, 5) is 26.3. The molecule has 7 nitrogen and oxygen atoms in total. The van der Waals surface area contributed by atoms with E-state index in [1.165, 1.54) is 14.2 Å². The number of ether oxygens (including phenoxy) is 3. The topological polar surface area (TPSA) is 78.3 Å². The lowest BCUT2D eigenvalue weighted by atomic mass is 10.0. The normalized spacial score (nSPS) is 10.6. The Bertz CT molecular complexity index is 1310. The number of nitrogens with one attached hydrogen (secondary N) is 1. The molecule has 0 fully saturated rings. The second kappa shape index (κ2) is 9.48. The monoisotopic (exact) mass is 444 g/mol. The highest BCUT2D eigenvalue weighted by atomic mass is 16.5. The highest BCUT2D eigenvalue weighted by Crippen LogP contribution is 2.32. The molecule has 0 unspecified atom stereocenters. The molecule has 0 radical (unpaired) electrons. The van der Waals surface area contributed by atoms with E-state index in [0.29, 0.717) is 29.4 Å². The minimum absolute atomic E-state index is 0.285. The molecule has 4 aromatic rings. The fraction of sp³-hybridized carbons (Fsp3) is 0.154. The third kappa shape index (κ3) is 4.39. The molecule has 4 rings (SSSR count). The van der Waals surface area contributed by atoms with E-state index in [-0.39, 0.29) is 5.69 Å². The molecule has 0 bridgehead atoms. The molecule has 0 aliphatic carbocycles. The van der Waals surface area contributed by atoms with Gasteiger partial charge in [0.15, 0.2) is 11.5 Å². The van der Waals surface area contributed by atoms with Gasteiger partial charge in [-0.15, -0.1) is 0 Å². The van der Waals surface area contributed by atoms with Crippen LogP contribution in [0.25, 0.3) is 16.6 Å². The number of methoxy groups -OCH3 is 2. The van der Waals surface area contributed by atoms with E-state index < -0.39 is 11.7 Å². The Morgan fingerprint density at radius 2 is 1.67 bits per heavy atom. The maximum atomic E-state index is 13.4. The molecule has 168 valence electrons. The lowest BCUT2D eigenvalue weighted by Crippen LogP contribution is -2.24. The van der Waals surface area contributed by atoms with Crippen molar-refractivity contribution in [3.63, 3.8) is 0 Å². The second-order valence-electron chi connectivity index (χ2n) is 7.21. The van der Waals surface area contributed by atoms with E-state index in [9.17, 15) is 9.59 Å². The van der Waals surface area contributed by atoms with Crippen molar-refractivity contribution in [3.05, 3.63) is 78.6 Å². The van der Waals surface area contributed by atoms with Gasteiger partial charge in [0.05, 0.1) is 20.8 Å². The number of carbonyl (C=O) groups excluding carboxylic acids is 2. The quantitative estimate of drug-likeness (QED) is 0.311. The van der Waals surface area contributed by atoms with Crippen LogP contribution in [-0.2, 0) is 4.79 Å². The molecule has 0 atom stereocenters. The maximum Gasteiger partial charge on any atom is 0.298 e. The molecule has 7 heteroatoms. The fourth-order valence-electron chi connectivity index (χ4n) is 3.68. The smallest absolute Gasteiger partial charge is 0.298 e. The van der Waals surface area contributed by atoms with E-state index in [1.54, 1.807) is 28.8 Å². The Labute approximate surface area is 191 Å². The first-order chi connectivity index (χ1) is 16.0. The molecule has 0 saturated carbocycles. The van der Waals surface area contributed by atoms with Gasteiger partial charge < -0.3 is 23.9 Å². The SMILES string of the molecule is CCOc1ccc(-c2cc3ccccn3c2C(=O)C(=O)Nc2ccc(OC)c(OC)c2)cc1. The number of amides is 1. The standard InChI is InChI=1S/C26H24N2O5/c1-4-33-20-11-8-17(9-12-20)21-16-19-7-5-6-14-28(19)24(21)25(29)26(30)27-18-10-13-22(31-2)23(15-18)32-3/h5-16H,4H2,1-3H3,(H,27,30). The van der Waals surface area contributed by atoms with Crippen LogP contribution in [-0.4, -0.2) is 36.9 Å². The third-order valence-corrected chi connectivity index (χ3v) is 5.22. The highest BCUT2D eigenvalue weighted by molar-refractivity contribution is 6.47. The minimum atomic E-state index is -0.752. The van der Waals surface area contributed by atoms with Gasteiger partial charge in [0.2, 0.25) is 0 Å². The maximum absolute atomic E-state index is 13.4. The van der Waals surface area contributed by atoms with Crippen LogP contribution >= 0.6 is 0 Å². The van der Waals surface area contributed by atoms with Gasteiger partial charge in [-0.25, -0.2) is 0 Å². The van der Waals surface area contributed by atoms with Gasteiger partial charge >= 0.3 is 0 Å². The average molecular weight is 444 g/mol. The molecule has 33 heavy (non-hydrogen) atoms. The molecule has 1 N–H and O–H groups in total. The van der Waals surface area contributed by atoms with Crippen molar-refractivity contribution in [2.24, 2.45) is 0 Å². The van der Waals surface area contributed by atoms with Gasteiger partial charge in [0, 0.05) is 29.0 Å². The van der Waals surface area contributed by atoms with Gasteiger partial charge in [-0.05, 0) is 55.0 Å². The van der Waals surface area contributed by atoms with E-state index in [4.69, 9.17) is 14.2 Å². The summed E-state index contributed by atoms with van der Waals surface area (Å²) < 4.78 is 17.7. The summed E-state index contributed by atoms with van der Waals surface area (Å²) in [7, 11) is 3.03. The van der Waals surface area contributed by atoms with Crippen LogP contribution in [0, 0.1) is 0 Å². The molecule has 1 amide bonds. The van der Waals surface area contributed by atoms with Crippen molar-refractivity contribution in [1.82, 2.24) is 4.40 Å². The minimum Gasteiger partial charge on any atom is -0.494 e. The number of rotatable bonds is 8. The zero-order valence-electron chi connectivity index (χ0n) is 18.6. The zero-order valence-corrected chi connectivity index (χ0v) is 18.6. The molecule has 0 spiro atoms. The summed E-state index contributed by atoms with van der Waals surface area (Å²) in [5.74, 6) is 0.311. The Morgan fingerprint density at radius 3 is 2.36 bits per heavy atom. The first kappa shape index (κ1) is 22.0. The number of aromatic nitrogens is 1. The number of anilines is 1. The van der Waals surface area contributed by atoms with Crippen molar-refractivity contribution in [3.8, 4) is 28.4 Å². The number of nitrogens with zero attached hydrogens (tertiary/aromatic N) is 1. The molecule has 0 saturated heterocycles. The van der Waals surface area contributed by atoms with Crippen LogP contribution in [0.4, 0.5) is 5.69 Å². The number of fused-ring (bicyclic) bond motifs is 1. The Morgan fingerprint density at radius 1 is 0.909 bits per heavy atom. The lowest BCUT2D eigenvalue weighted by molar-refractivity contribution is -0.112. The Balaban J connectivity index is 1.70. The van der Waals surface area contributed by atoms with E-state index in [2.05, 4.69) is 5.32 Å². The van der Waals surface area contributed by atoms with E-state index in [0.717, 1.165) is 16.8 Å². The zero-order chi connectivity index (χ0) is 23.4. The number of benzene rings is 2. The predicted octanol–water partition coefficient (Wildman–Crippen LogP) is 4.84. The first-order valence-corrected chi connectivity index (χ1v) is 10.5.